The number of anilines is 1. The van der Waals surface area contributed by atoms with E-state index < -0.39 is 34.1 Å². The molecular formula is C31H38ClN3O4S2. The van der Waals surface area contributed by atoms with Crippen LogP contribution in [0.15, 0.2) is 82.6 Å². The van der Waals surface area contributed by atoms with Gasteiger partial charge in [0.25, 0.3) is 10.0 Å². The number of sulfonamides is 1. The summed E-state index contributed by atoms with van der Waals surface area (Å²) in [6.07, 6.45) is 2.25. The molecule has 0 unspecified atom stereocenters. The molecule has 2 amide bonds. The van der Waals surface area contributed by atoms with Crippen LogP contribution in [0.5, 0.6) is 0 Å². The maximum absolute atomic E-state index is 14.1. The van der Waals surface area contributed by atoms with Gasteiger partial charge in [-0.1, -0.05) is 48.4 Å². The number of carbonyl (C=O) groups is 2. The van der Waals surface area contributed by atoms with Gasteiger partial charge in [-0.2, -0.15) is 0 Å². The minimum atomic E-state index is -4.12. The van der Waals surface area contributed by atoms with Crippen molar-refractivity contribution in [2.75, 3.05) is 17.1 Å². The van der Waals surface area contributed by atoms with Crippen LogP contribution in [-0.2, 0) is 26.2 Å². The molecular weight excluding hydrogens is 578 g/mol. The van der Waals surface area contributed by atoms with Crippen LogP contribution < -0.4 is 9.62 Å². The number of nitrogens with zero attached hydrogens (tertiary/aromatic N) is 2. The first-order chi connectivity index (χ1) is 19.2. The van der Waals surface area contributed by atoms with Gasteiger partial charge in [0.15, 0.2) is 0 Å². The SMILES string of the molecule is CC[C@H](C(=O)NC(C)(C)C)N(Cc1ccc(Cl)cc1)C(=O)CN(c1ccc(C)cc1)S(=O)(=O)c1ccc(SC)cc1. The Morgan fingerprint density at radius 1 is 0.951 bits per heavy atom. The molecule has 0 radical (unpaired) electrons. The van der Waals surface area contributed by atoms with Crippen molar-refractivity contribution < 1.29 is 18.0 Å². The van der Waals surface area contributed by atoms with Gasteiger partial charge in [-0.05, 0) is 94.5 Å². The highest BCUT2D eigenvalue weighted by Gasteiger charge is 2.34. The zero-order valence-electron chi connectivity index (χ0n) is 24.3. The van der Waals surface area contributed by atoms with Crippen LogP contribution in [0.25, 0.3) is 0 Å². The molecule has 10 heteroatoms. The smallest absolute Gasteiger partial charge is 0.264 e. The first-order valence-corrected chi connectivity index (χ1v) is 16.4. The monoisotopic (exact) mass is 615 g/mol. The molecule has 220 valence electrons. The Morgan fingerprint density at radius 3 is 2.05 bits per heavy atom. The Balaban J connectivity index is 2.06. The van der Waals surface area contributed by atoms with E-state index in [9.17, 15) is 18.0 Å². The number of halogens is 1. The van der Waals surface area contributed by atoms with Gasteiger partial charge in [-0.15, -0.1) is 11.8 Å². The Labute approximate surface area is 253 Å². The lowest BCUT2D eigenvalue weighted by atomic mass is 10.1. The first kappa shape index (κ1) is 32.5. The molecule has 1 N–H and O–H groups in total. The molecule has 0 aliphatic carbocycles. The standard InChI is InChI=1S/C31H38ClN3O4S2/c1-7-28(30(37)33-31(3,4)5)34(20-23-10-12-24(32)13-11-23)29(36)21-35(25-14-8-22(2)9-15-25)41(38,39)27-18-16-26(40-6)17-19-27/h8-19,28H,7,20-21H2,1-6H3,(H,33,37)/t28-/m1/s1. The Morgan fingerprint density at radius 2 is 1.54 bits per heavy atom. The third kappa shape index (κ3) is 8.74. The molecule has 0 heterocycles. The maximum atomic E-state index is 14.1. The second kappa shape index (κ2) is 13.8. The van der Waals surface area contributed by atoms with Gasteiger partial charge in [-0.3, -0.25) is 13.9 Å². The van der Waals surface area contributed by atoms with E-state index in [-0.39, 0.29) is 17.3 Å². The lowest BCUT2D eigenvalue weighted by Gasteiger charge is -2.34. The van der Waals surface area contributed by atoms with Gasteiger partial charge in [0.2, 0.25) is 11.8 Å². The summed E-state index contributed by atoms with van der Waals surface area (Å²) >= 11 is 7.59. The molecule has 0 aromatic heterocycles. The molecule has 7 nitrogen and oxygen atoms in total. The first-order valence-electron chi connectivity index (χ1n) is 13.3. The zero-order valence-corrected chi connectivity index (χ0v) is 26.7. The summed E-state index contributed by atoms with van der Waals surface area (Å²) in [5, 5.41) is 3.52. The number of nitrogens with one attached hydrogen (secondary N) is 1. The number of hydrogen-bond donors (Lipinski definition) is 1. The van der Waals surface area contributed by atoms with Crippen LogP contribution in [0.2, 0.25) is 5.02 Å². The second-order valence-electron chi connectivity index (χ2n) is 10.8. The number of thioether (sulfide) groups is 1. The van der Waals surface area contributed by atoms with E-state index in [0.29, 0.717) is 17.1 Å². The zero-order chi connectivity index (χ0) is 30.4. The number of benzene rings is 3. The highest BCUT2D eigenvalue weighted by Crippen LogP contribution is 2.27. The molecule has 0 aliphatic rings. The van der Waals surface area contributed by atoms with Gasteiger partial charge >= 0.3 is 0 Å². The molecule has 41 heavy (non-hydrogen) atoms. The summed E-state index contributed by atoms with van der Waals surface area (Å²) in [5.41, 5.74) is 1.56. The fourth-order valence-corrected chi connectivity index (χ4v) is 6.22. The lowest BCUT2D eigenvalue weighted by Crippen LogP contribution is -2.55. The van der Waals surface area contributed by atoms with Crippen molar-refractivity contribution in [1.29, 1.82) is 0 Å². The van der Waals surface area contributed by atoms with Crippen LogP contribution in [-0.4, -0.2) is 49.5 Å². The van der Waals surface area contributed by atoms with Crippen molar-refractivity contribution in [1.82, 2.24) is 10.2 Å². The lowest BCUT2D eigenvalue weighted by molar-refractivity contribution is -0.141. The van der Waals surface area contributed by atoms with Crippen molar-refractivity contribution in [3.8, 4) is 0 Å². The van der Waals surface area contributed by atoms with E-state index in [1.165, 1.54) is 16.7 Å². The van der Waals surface area contributed by atoms with E-state index >= 15 is 0 Å². The Kier molecular flexibility index (Phi) is 10.9. The average molecular weight is 616 g/mol. The van der Waals surface area contributed by atoms with E-state index in [0.717, 1.165) is 20.3 Å². The number of rotatable bonds is 11. The van der Waals surface area contributed by atoms with Crippen molar-refractivity contribution >= 4 is 50.9 Å². The third-order valence-electron chi connectivity index (χ3n) is 6.40. The summed E-state index contributed by atoms with van der Waals surface area (Å²) in [5.74, 6) is -0.805. The van der Waals surface area contributed by atoms with E-state index in [1.807, 2.05) is 40.9 Å². The van der Waals surface area contributed by atoms with Gasteiger partial charge < -0.3 is 10.2 Å². The van der Waals surface area contributed by atoms with Gasteiger partial charge in [0, 0.05) is 22.0 Å². The largest absolute Gasteiger partial charge is 0.350 e. The summed E-state index contributed by atoms with van der Waals surface area (Å²) in [4.78, 5) is 30.0. The summed E-state index contributed by atoms with van der Waals surface area (Å²) in [6.45, 7) is 8.98. The van der Waals surface area contributed by atoms with E-state index in [4.69, 9.17) is 11.6 Å². The van der Waals surface area contributed by atoms with E-state index in [2.05, 4.69) is 5.32 Å². The molecule has 1 atom stereocenters. The fourth-order valence-electron chi connectivity index (χ4n) is 4.27. The van der Waals surface area contributed by atoms with Gasteiger partial charge in [0.1, 0.15) is 12.6 Å². The summed E-state index contributed by atoms with van der Waals surface area (Å²) in [6, 6.07) is 19.7. The normalized spacial score (nSPS) is 12.5. The van der Waals surface area contributed by atoms with Crippen molar-refractivity contribution in [2.24, 2.45) is 0 Å². The van der Waals surface area contributed by atoms with Crippen LogP contribution >= 0.6 is 23.4 Å². The highest BCUT2D eigenvalue weighted by atomic mass is 35.5. The van der Waals surface area contributed by atoms with Crippen LogP contribution in [0.3, 0.4) is 0 Å². The summed E-state index contributed by atoms with van der Waals surface area (Å²) < 4.78 is 29.1. The minimum Gasteiger partial charge on any atom is -0.350 e. The molecule has 0 spiro atoms. The predicted molar refractivity (Wildman–Crippen MR) is 168 cm³/mol. The molecule has 3 aromatic carbocycles. The molecule has 3 rings (SSSR count). The van der Waals surface area contributed by atoms with Gasteiger partial charge in [-0.25, -0.2) is 8.42 Å². The Bertz CT molecular complexity index is 1440. The molecule has 0 fully saturated rings. The van der Waals surface area contributed by atoms with Crippen molar-refractivity contribution in [3.05, 3.63) is 88.9 Å². The minimum absolute atomic E-state index is 0.0745. The quantitative estimate of drug-likeness (QED) is 0.256. The third-order valence-corrected chi connectivity index (χ3v) is 9.18. The van der Waals surface area contributed by atoms with Crippen molar-refractivity contribution in [2.45, 2.75) is 69.0 Å². The fraction of sp³-hybridized carbons (Fsp3) is 0.355. The average Bonchev–Trinajstić information content (AvgIpc) is 2.92. The van der Waals surface area contributed by atoms with Gasteiger partial charge in [0.05, 0.1) is 10.6 Å². The number of hydrogen-bond acceptors (Lipinski definition) is 5. The second-order valence-corrected chi connectivity index (χ2v) is 14.0. The molecule has 0 saturated carbocycles. The van der Waals surface area contributed by atoms with Crippen LogP contribution in [0, 0.1) is 6.92 Å². The maximum Gasteiger partial charge on any atom is 0.264 e. The molecule has 0 aliphatic heterocycles. The van der Waals surface area contributed by atoms with Crippen LogP contribution in [0.1, 0.15) is 45.2 Å². The molecule has 3 aromatic rings. The van der Waals surface area contributed by atoms with Crippen molar-refractivity contribution in [3.63, 3.8) is 0 Å². The number of aryl methyl sites for hydroxylation is 1. The topological polar surface area (TPSA) is 86.8 Å². The van der Waals surface area contributed by atoms with E-state index in [1.54, 1.807) is 72.8 Å². The number of carbonyl (C=O) groups excluding carboxylic acids is 2. The summed E-state index contributed by atoms with van der Waals surface area (Å²) in [7, 11) is -4.12. The molecule has 0 saturated heterocycles. The number of amides is 2. The van der Waals surface area contributed by atoms with Crippen LogP contribution in [0.4, 0.5) is 5.69 Å². The Hall–Kier alpha value is -3.01. The highest BCUT2D eigenvalue weighted by molar-refractivity contribution is 7.98. The molecule has 0 bridgehead atoms. The predicted octanol–water partition coefficient (Wildman–Crippen LogP) is 6.29.